The maximum atomic E-state index is 12.8. The molecule has 8 heteroatoms. The number of hydrogen-bond donors (Lipinski definition) is 1. The lowest BCUT2D eigenvalue weighted by Crippen LogP contribution is -2.22. The number of carbonyl (C=O) groups is 2. The lowest BCUT2D eigenvalue weighted by atomic mass is 10.1. The van der Waals surface area contributed by atoms with E-state index in [2.05, 4.69) is 15.3 Å². The molecule has 0 radical (unpaired) electrons. The summed E-state index contributed by atoms with van der Waals surface area (Å²) in [6, 6.07) is 13.8. The fourth-order valence-corrected chi connectivity index (χ4v) is 2.58. The third kappa shape index (κ3) is 3.45. The van der Waals surface area contributed by atoms with E-state index >= 15 is 0 Å². The molecule has 8 nitrogen and oxygen atoms in total. The van der Waals surface area contributed by atoms with Crippen molar-refractivity contribution in [2.24, 2.45) is 5.16 Å². The quantitative estimate of drug-likeness (QED) is 0.565. The van der Waals surface area contributed by atoms with Crippen LogP contribution in [0.25, 0.3) is 11.0 Å². The van der Waals surface area contributed by atoms with Crippen LogP contribution >= 0.6 is 0 Å². The van der Waals surface area contributed by atoms with Crippen LogP contribution in [-0.4, -0.2) is 18.7 Å². The van der Waals surface area contributed by atoms with Gasteiger partial charge in [-0.05, 0) is 29.4 Å². The van der Waals surface area contributed by atoms with Crippen LogP contribution in [-0.2, 0) is 9.63 Å². The van der Waals surface area contributed by atoms with Crippen molar-refractivity contribution in [2.75, 3.05) is 12.1 Å². The van der Waals surface area contributed by atoms with Crippen LogP contribution < -0.4 is 20.3 Å². The van der Waals surface area contributed by atoms with Gasteiger partial charge in [0.05, 0.1) is 0 Å². The van der Waals surface area contributed by atoms with Gasteiger partial charge < -0.3 is 24.0 Å². The summed E-state index contributed by atoms with van der Waals surface area (Å²) in [7, 11) is 0. The van der Waals surface area contributed by atoms with Gasteiger partial charge in [-0.15, -0.1) is 0 Å². The Kier molecular flexibility index (Phi) is 4.21. The summed E-state index contributed by atoms with van der Waals surface area (Å²) in [5.74, 6) is 0.0508. The Balaban J connectivity index is 1.72. The minimum absolute atomic E-state index is 0.109. The molecule has 0 saturated carbocycles. The Morgan fingerprint density at radius 3 is 2.74 bits per heavy atom. The maximum Gasteiger partial charge on any atom is 0.332 e. The predicted molar refractivity (Wildman–Crippen MR) is 94.1 cm³/mol. The monoisotopic (exact) mass is 366 g/mol. The van der Waals surface area contributed by atoms with E-state index in [4.69, 9.17) is 13.9 Å². The molecule has 0 fully saturated rings. The zero-order valence-electron chi connectivity index (χ0n) is 14.2. The summed E-state index contributed by atoms with van der Waals surface area (Å²) < 4.78 is 16.2. The summed E-state index contributed by atoms with van der Waals surface area (Å²) in [6.07, 6.45) is 0. The Morgan fingerprint density at radius 1 is 1.07 bits per heavy atom. The highest BCUT2D eigenvalue weighted by Gasteiger charge is 2.17. The fraction of sp³-hybridized carbons (Fsp3) is 0.105. The summed E-state index contributed by atoms with van der Waals surface area (Å²) >= 11 is 0. The van der Waals surface area contributed by atoms with E-state index in [1.54, 1.807) is 42.5 Å². The lowest BCUT2D eigenvalue weighted by molar-refractivity contribution is -0.141. The molecular formula is C19H14N2O6. The van der Waals surface area contributed by atoms with Crippen LogP contribution in [0, 0.1) is 0 Å². The number of carbonyl (C=O) groups excluding carboxylic acids is 2. The molecule has 1 aromatic heterocycles. The van der Waals surface area contributed by atoms with E-state index in [0.29, 0.717) is 28.2 Å². The second-order valence-corrected chi connectivity index (χ2v) is 5.70. The average Bonchev–Trinajstić information content (AvgIpc) is 3.13. The number of rotatable bonds is 3. The van der Waals surface area contributed by atoms with Crippen molar-refractivity contribution in [2.45, 2.75) is 6.92 Å². The van der Waals surface area contributed by atoms with E-state index in [9.17, 15) is 9.59 Å². The van der Waals surface area contributed by atoms with Crippen molar-refractivity contribution in [3.63, 3.8) is 0 Å². The third-order valence-corrected chi connectivity index (χ3v) is 3.79. The molecule has 3 aromatic rings. The van der Waals surface area contributed by atoms with E-state index in [1.165, 1.54) is 6.92 Å². The van der Waals surface area contributed by atoms with Crippen molar-refractivity contribution in [3.05, 3.63) is 59.6 Å². The fourth-order valence-electron chi connectivity index (χ4n) is 2.58. The van der Waals surface area contributed by atoms with Gasteiger partial charge in [0.1, 0.15) is 11.1 Å². The SMILES string of the molecule is CC(=O)O/N=c1\oc2ccccc2cc1C(=O)Nc1ccc2c(c1)OCO2. The molecule has 0 saturated heterocycles. The number of benzene rings is 2. The molecule has 1 N–H and O–H groups in total. The van der Waals surface area contributed by atoms with Crippen molar-refractivity contribution in [1.82, 2.24) is 0 Å². The minimum atomic E-state index is -0.625. The molecule has 0 unspecified atom stereocenters. The van der Waals surface area contributed by atoms with Crippen LogP contribution in [0.15, 0.2) is 58.1 Å². The molecule has 0 atom stereocenters. The summed E-state index contributed by atoms with van der Waals surface area (Å²) in [6.45, 7) is 1.35. The highest BCUT2D eigenvalue weighted by molar-refractivity contribution is 6.05. The molecule has 1 aliphatic heterocycles. The molecule has 1 amide bonds. The normalized spacial score (nSPS) is 12.9. The summed E-state index contributed by atoms with van der Waals surface area (Å²) in [5, 5.41) is 7.10. The maximum absolute atomic E-state index is 12.8. The van der Waals surface area contributed by atoms with E-state index in [0.717, 1.165) is 0 Å². The van der Waals surface area contributed by atoms with Crippen molar-refractivity contribution in [1.29, 1.82) is 0 Å². The number of para-hydroxylation sites is 1. The van der Waals surface area contributed by atoms with Crippen LogP contribution in [0.4, 0.5) is 5.69 Å². The van der Waals surface area contributed by atoms with Gasteiger partial charge in [-0.2, -0.15) is 0 Å². The van der Waals surface area contributed by atoms with Gasteiger partial charge in [0.25, 0.3) is 11.5 Å². The van der Waals surface area contributed by atoms with Gasteiger partial charge in [0.2, 0.25) is 6.79 Å². The van der Waals surface area contributed by atoms with Gasteiger partial charge in [-0.25, -0.2) is 4.79 Å². The Labute approximate surface area is 152 Å². The standard InChI is InChI=1S/C19H14N2O6/c1-11(22)27-21-19-14(8-12-4-2-3-5-15(12)26-19)18(23)20-13-6-7-16-17(9-13)25-10-24-16/h2-9H,10H2,1H3,(H,20,23)/b21-19-. The van der Waals surface area contributed by atoms with Gasteiger partial charge >= 0.3 is 5.97 Å². The van der Waals surface area contributed by atoms with Crippen molar-refractivity contribution >= 4 is 28.5 Å². The molecule has 1 aliphatic rings. The first-order valence-corrected chi connectivity index (χ1v) is 8.06. The first-order valence-electron chi connectivity index (χ1n) is 8.06. The number of nitrogens with zero attached hydrogens (tertiary/aromatic N) is 1. The number of nitrogens with one attached hydrogen (secondary N) is 1. The minimum Gasteiger partial charge on any atom is -0.454 e. The highest BCUT2D eigenvalue weighted by Crippen LogP contribution is 2.34. The molecule has 27 heavy (non-hydrogen) atoms. The van der Waals surface area contributed by atoms with Crippen LogP contribution in [0.1, 0.15) is 17.3 Å². The molecule has 136 valence electrons. The van der Waals surface area contributed by atoms with Crippen LogP contribution in [0.3, 0.4) is 0 Å². The zero-order valence-corrected chi connectivity index (χ0v) is 14.2. The molecule has 2 heterocycles. The molecule has 4 rings (SSSR count). The van der Waals surface area contributed by atoms with Crippen molar-refractivity contribution in [3.8, 4) is 11.5 Å². The average molecular weight is 366 g/mol. The van der Waals surface area contributed by atoms with Gasteiger partial charge in [0, 0.05) is 24.1 Å². The third-order valence-electron chi connectivity index (χ3n) is 3.79. The number of amides is 1. The smallest absolute Gasteiger partial charge is 0.332 e. The van der Waals surface area contributed by atoms with Gasteiger partial charge in [0.15, 0.2) is 11.5 Å². The summed E-state index contributed by atoms with van der Waals surface area (Å²) in [5.41, 5.74) is 1.02. The topological polar surface area (TPSA) is 99.4 Å². The summed E-state index contributed by atoms with van der Waals surface area (Å²) in [4.78, 5) is 28.5. The number of ether oxygens (including phenoxy) is 2. The second-order valence-electron chi connectivity index (χ2n) is 5.70. The van der Waals surface area contributed by atoms with E-state index < -0.39 is 11.9 Å². The largest absolute Gasteiger partial charge is 0.454 e. The number of anilines is 1. The number of fused-ring (bicyclic) bond motifs is 2. The van der Waals surface area contributed by atoms with Crippen LogP contribution in [0.5, 0.6) is 11.5 Å². The Bertz CT molecular complexity index is 1120. The molecule has 0 spiro atoms. The second kappa shape index (κ2) is 6.83. The zero-order chi connectivity index (χ0) is 18.8. The predicted octanol–water partition coefficient (Wildman–Crippen LogP) is 2.79. The van der Waals surface area contributed by atoms with Gasteiger partial charge in [-0.3, -0.25) is 4.79 Å². The van der Waals surface area contributed by atoms with Crippen molar-refractivity contribution < 1.29 is 28.3 Å². The number of hydrogen-bond acceptors (Lipinski definition) is 7. The molecule has 0 aliphatic carbocycles. The lowest BCUT2D eigenvalue weighted by Gasteiger charge is -2.07. The Hall–Kier alpha value is -3.81. The molecular weight excluding hydrogens is 352 g/mol. The molecule has 2 aromatic carbocycles. The van der Waals surface area contributed by atoms with E-state index in [-0.39, 0.29) is 17.9 Å². The Morgan fingerprint density at radius 2 is 1.89 bits per heavy atom. The molecule has 0 bridgehead atoms. The highest BCUT2D eigenvalue weighted by atomic mass is 16.7. The van der Waals surface area contributed by atoms with Gasteiger partial charge in [-0.1, -0.05) is 18.2 Å². The first kappa shape index (κ1) is 16.6. The van der Waals surface area contributed by atoms with E-state index in [1.807, 2.05) is 6.07 Å². The first-order chi connectivity index (χ1) is 13.1. The van der Waals surface area contributed by atoms with Crippen LogP contribution in [0.2, 0.25) is 0 Å².